The number of aromatic nitrogens is 2. The van der Waals surface area contributed by atoms with Crippen molar-refractivity contribution in [2.75, 3.05) is 37.7 Å². The second-order valence-corrected chi connectivity index (χ2v) is 8.54. The minimum Gasteiger partial charge on any atom is -0.484 e. The van der Waals surface area contributed by atoms with Crippen LogP contribution in [0.25, 0.3) is 11.3 Å². The summed E-state index contributed by atoms with van der Waals surface area (Å²) in [6, 6.07) is 19.4. The SMILES string of the molecule is CC(C)c1ccc(OCC(=O)N2CCN(c3ccc(-c4ccccc4Cl)nn3)CC2)cc1. The highest BCUT2D eigenvalue weighted by atomic mass is 35.5. The molecule has 0 atom stereocenters. The molecule has 32 heavy (non-hydrogen) atoms. The lowest BCUT2D eigenvalue weighted by molar-refractivity contribution is -0.133. The van der Waals surface area contributed by atoms with Crippen molar-refractivity contribution in [3.63, 3.8) is 0 Å². The van der Waals surface area contributed by atoms with Crippen LogP contribution in [0, 0.1) is 0 Å². The molecule has 0 unspecified atom stereocenters. The van der Waals surface area contributed by atoms with Crippen molar-refractivity contribution in [2.24, 2.45) is 0 Å². The highest BCUT2D eigenvalue weighted by molar-refractivity contribution is 6.33. The standard InChI is InChI=1S/C25H27ClN4O2/c1-18(2)19-7-9-20(10-8-19)32-17-25(31)30-15-13-29(14-16-30)24-12-11-23(27-28-24)21-5-3-4-6-22(21)26/h3-12,18H,13-17H2,1-2H3. The first-order valence-corrected chi connectivity index (χ1v) is 11.2. The quantitative estimate of drug-likeness (QED) is 0.547. The number of hydrogen-bond acceptors (Lipinski definition) is 5. The van der Waals surface area contributed by atoms with E-state index in [0.717, 1.165) is 22.8 Å². The molecular formula is C25H27ClN4O2. The summed E-state index contributed by atoms with van der Waals surface area (Å²) in [5.41, 5.74) is 2.86. The molecule has 0 aliphatic carbocycles. The van der Waals surface area contributed by atoms with Crippen LogP contribution in [0.1, 0.15) is 25.3 Å². The summed E-state index contributed by atoms with van der Waals surface area (Å²) in [7, 11) is 0. The molecule has 0 saturated carbocycles. The lowest BCUT2D eigenvalue weighted by atomic mass is 10.0. The molecule has 7 heteroatoms. The fraction of sp³-hybridized carbons (Fsp3) is 0.320. The van der Waals surface area contributed by atoms with Crippen molar-refractivity contribution in [3.05, 3.63) is 71.2 Å². The fourth-order valence-corrected chi connectivity index (χ4v) is 3.91. The maximum Gasteiger partial charge on any atom is 0.260 e. The smallest absolute Gasteiger partial charge is 0.260 e. The molecule has 6 nitrogen and oxygen atoms in total. The van der Waals surface area contributed by atoms with Crippen LogP contribution in [-0.4, -0.2) is 53.8 Å². The topological polar surface area (TPSA) is 58.6 Å². The highest BCUT2D eigenvalue weighted by Crippen LogP contribution is 2.26. The number of nitrogens with zero attached hydrogens (tertiary/aromatic N) is 4. The van der Waals surface area contributed by atoms with Crippen molar-refractivity contribution in [1.82, 2.24) is 15.1 Å². The van der Waals surface area contributed by atoms with Gasteiger partial charge in [-0.15, -0.1) is 10.2 Å². The van der Waals surface area contributed by atoms with Crippen molar-refractivity contribution in [1.29, 1.82) is 0 Å². The monoisotopic (exact) mass is 450 g/mol. The van der Waals surface area contributed by atoms with Gasteiger partial charge in [0.2, 0.25) is 0 Å². The highest BCUT2D eigenvalue weighted by Gasteiger charge is 2.22. The summed E-state index contributed by atoms with van der Waals surface area (Å²) in [4.78, 5) is 16.5. The summed E-state index contributed by atoms with van der Waals surface area (Å²) in [5, 5.41) is 9.37. The van der Waals surface area contributed by atoms with Crippen LogP contribution in [0.5, 0.6) is 5.75 Å². The van der Waals surface area contributed by atoms with Crippen molar-refractivity contribution in [3.8, 4) is 17.0 Å². The molecule has 2 heterocycles. The molecule has 1 aromatic heterocycles. The van der Waals surface area contributed by atoms with Gasteiger partial charge in [0.15, 0.2) is 12.4 Å². The Kier molecular flexibility index (Phi) is 6.90. The molecule has 1 saturated heterocycles. The van der Waals surface area contributed by atoms with E-state index in [-0.39, 0.29) is 12.5 Å². The lowest BCUT2D eigenvalue weighted by Gasteiger charge is -2.35. The minimum atomic E-state index is -0.00209. The van der Waals surface area contributed by atoms with E-state index in [1.54, 1.807) is 0 Å². The van der Waals surface area contributed by atoms with Crippen LogP contribution >= 0.6 is 11.6 Å². The molecule has 0 radical (unpaired) electrons. The van der Waals surface area contributed by atoms with E-state index in [2.05, 4.69) is 28.9 Å². The molecule has 4 rings (SSSR count). The predicted octanol–water partition coefficient (Wildman–Crippen LogP) is 4.65. The Hall–Kier alpha value is -3.12. The first kappa shape index (κ1) is 22.1. The van der Waals surface area contributed by atoms with Crippen LogP contribution < -0.4 is 9.64 Å². The maximum atomic E-state index is 12.6. The van der Waals surface area contributed by atoms with Crippen LogP contribution in [0.4, 0.5) is 5.82 Å². The van der Waals surface area contributed by atoms with Gasteiger partial charge < -0.3 is 14.5 Å². The molecule has 1 fully saturated rings. The van der Waals surface area contributed by atoms with Gasteiger partial charge in [-0.2, -0.15) is 0 Å². The second kappa shape index (κ2) is 10.0. The summed E-state index contributed by atoms with van der Waals surface area (Å²) < 4.78 is 5.69. The van der Waals surface area contributed by atoms with E-state index < -0.39 is 0 Å². The van der Waals surface area contributed by atoms with Gasteiger partial charge in [0.1, 0.15) is 5.75 Å². The third-order valence-electron chi connectivity index (χ3n) is 5.67. The van der Waals surface area contributed by atoms with Gasteiger partial charge in [0.05, 0.1) is 10.7 Å². The van der Waals surface area contributed by atoms with E-state index in [4.69, 9.17) is 16.3 Å². The molecule has 166 valence electrons. The minimum absolute atomic E-state index is 0.00209. The molecule has 0 spiro atoms. The normalized spacial score (nSPS) is 14.0. The molecule has 1 amide bonds. The van der Waals surface area contributed by atoms with Gasteiger partial charge in [0, 0.05) is 31.7 Å². The Labute approximate surface area is 193 Å². The summed E-state index contributed by atoms with van der Waals surface area (Å²) >= 11 is 6.25. The van der Waals surface area contributed by atoms with Gasteiger partial charge in [0.25, 0.3) is 5.91 Å². The number of piperazine rings is 1. The Morgan fingerprint density at radius 1 is 0.969 bits per heavy atom. The molecule has 3 aromatic rings. The van der Waals surface area contributed by atoms with E-state index in [9.17, 15) is 4.79 Å². The van der Waals surface area contributed by atoms with Gasteiger partial charge >= 0.3 is 0 Å². The van der Waals surface area contributed by atoms with Gasteiger partial charge in [-0.05, 0) is 41.8 Å². The average Bonchev–Trinajstić information content (AvgIpc) is 2.83. The molecule has 1 aliphatic rings. The van der Waals surface area contributed by atoms with Gasteiger partial charge in [-0.3, -0.25) is 4.79 Å². The van der Waals surface area contributed by atoms with Crippen LogP contribution in [0.15, 0.2) is 60.7 Å². The Morgan fingerprint density at radius 2 is 1.69 bits per heavy atom. The lowest BCUT2D eigenvalue weighted by Crippen LogP contribution is -2.50. The second-order valence-electron chi connectivity index (χ2n) is 8.14. The first-order valence-electron chi connectivity index (χ1n) is 10.9. The van der Waals surface area contributed by atoms with Gasteiger partial charge in [-0.25, -0.2) is 0 Å². The number of carbonyl (C=O) groups excluding carboxylic acids is 1. The fourth-order valence-electron chi connectivity index (χ4n) is 3.68. The number of hydrogen-bond donors (Lipinski definition) is 0. The summed E-state index contributed by atoms with van der Waals surface area (Å²) in [5.74, 6) is 1.99. The van der Waals surface area contributed by atoms with E-state index in [1.807, 2.05) is 65.6 Å². The predicted molar refractivity (Wildman–Crippen MR) is 127 cm³/mol. The number of anilines is 1. The molecular weight excluding hydrogens is 424 g/mol. The Balaban J connectivity index is 1.28. The Morgan fingerprint density at radius 3 is 2.31 bits per heavy atom. The van der Waals surface area contributed by atoms with Crippen LogP contribution in [0.3, 0.4) is 0 Å². The average molecular weight is 451 g/mol. The van der Waals surface area contributed by atoms with Crippen molar-refractivity contribution < 1.29 is 9.53 Å². The number of halogens is 1. The number of carbonyl (C=O) groups is 1. The molecule has 2 aromatic carbocycles. The number of amides is 1. The van der Waals surface area contributed by atoms with Crippen LogP contribution in [0.2, 0.25) is 5.02 Å². The molecule has 1 aliphatic heterocycles. The molecule has 0 N–H and O–H groups in total. The van der Waals surface area contributed by atoms with Gasteiger partial charge in [-0.1, -0.05) is 55.8 Å². The zero-order chi connectivity index (χ0) is 22.5. The third kappa shape index (κ3) is 5.19. The van der Waals surface area contributed by atoms with Crippen LogP contribution in [-0.2, 0) is 4.79 Å². The zero-order valence-corrected chi connectivity index (χ0v) is 19.1. The molecule has 0 bridgehead atoms. The van der Waals surface area contributed by atoms with Crippen molar-refractivity contribution in [2.45, 2.75) is 19.8 Å². The number of ether oxygens (including phenoxy) is 1. The Bertz CT molecular complexity index is 1050. The van der Waals surface area contributed by atoms with E-state index in [0.29, 0.717) is 37.1 Å². The van der Waals surface area contributed by atoms with E-state index >= 15 is 0 Å². The first-order chi connectivity index (χ1) is 15.5. The number of rotatable bonds is 6. The number of benzene rings is 2. The largest absolute Gasteiger partial charge is 0.484 e. The third-order valence-corrected chi connectivity index (χ3v) is 6.00. The summed E-state index contributed by atoms with van der Waals surface area (Å²) in [6.45, 7) is 7.01. The van der Waals surface area contributed by atoms with E-state index in [1.165, 1.54) is 5.56 Å². The van der Waals surface area contributed by atoms with Crippen molar-refractivity contribution >= 4 is 23.3 Å². The maximum absolute atomic E-state index is 12.6. The summed E-state index contributed by atoms with van der Waals surface area (Å²) in [6.07, 6.45) is 0. The zero-order valence-electron chi connectivity index (χ0n) is 18.4.